The number of H-pyrrole nitrogens is 1. The van der Waals surface area contributed by atoms with Gasteiger partial charge in [0.2, 0.25) is 0 Å². The Labute approximate surface area is 215 Å². The summed E-state index contributed by atoms with van der Waals surface area (Å²) >= 11 is 0. The number of carboxylic acids is 1. The van der Waals surface area contributed by atoms with E-state index in [9.17, 15) is 9.18 Å². The van der Waals surface area contributed by atoms with Crippen molar-refractivity contribution in [1.82, 2.24) is 19.9 Å². The number of carbonyl (C=O) groups is 1. The number of hydrogen-bond acceptors (Lipinski definition) is 6. The average molecular weight is 514 g/mol. The van der Waals surface area contributed by atoms with E-state index in [1.165, 1.54) is 12.3 Å². The smallest absolute Gasteiger partial charge is 0.319 e. The number of terminal acetylenes is 1. The van der Waals surface area contributed by atoms with E-state index in [2.05, 4.69) is 25.9 Å². The predicted molar refractivity (Wildman–Crippen MR) is 140 cm³/mol. The van der Waals surface area contributed by atoms with Crippen LogP contribution in [0.4, 0.5) is 26.0 Å². The lowest BCUT2D eigenvalue weighted by molar-refractivity contribution is -0.137. The fraction of sp³-hybridized carbons (Fsp3) is 0.143. The summed E-state index contributed by atoms with van der Waals surface area (Å²) in [4.78, 5) is 28.6. The Hall–Kier alpha value is -5.04. The van der Waals surface area contributed by atoms with Gasteiger partial charge < -0.3 is 14.8 Å². The molecule has 1 aliphatic rings. The molecule has 0 unspecified atom stereocenters. The number of pyridine rings is 1. The summed E-state index contributed by atoms with van der Waals surface area (Å²) in [7, 11) is 0. The molecular weight excluding hydrogens is 492 g/mol. The maximum atomic E-state index is 16.1. The zero-order chi connectivity index (χ0) is 27.0. The Morgan fingerprint density at radius 2 is 1.92 bits per heavy atom. The molecule has 4 heterocycles. The first-order chi connectivity index (χ1) is 18.5. The van der Waals surface area contributed by atoms with E-state index in [-0.39, 0.29) is 35.8 Å². The van der Waals surface area contributed by atoms with Crippen molar-refractivity contribution in [3.63, 3.8) is 0 Å². The van der Waals surface area contributed by atoms with Crippen LogP contribution >= 0.6 is 0 Å². The van der Waals surface area contributed by atoms with Gasteiger partial charge in [0.05, 0.1) is 28.7 Å². The molecule has 10 heteroatoms. The molecule has 2 N–H and O–H groups in total. The van der Waals surface area contributed by atoms with Crippen LogP contribution in [0.2, 0.25) is 0 Å². The van der Waals surface area contributed by atoms with Crippen molar-refractivity contribution in [2.75, 3.05) is 11.5 Å². The molecule has 3 aromatic heterocycles. The number of halogens is 2. The number of rotatable bonds is 6. The second kappa shape index (κ2) is 9.78. The van der Waals surface area contributed by atoms with Crippen LogP contribution in [0.25, 0.3) is 32.9 Å². The normalized spacial score (nSPS) is 11.5. The summed E-state index contributed by atoms with van der Waals surface area (Å²) in [6.07, 6.45) is 10.3. The average Bonchev–Trinajstić information content (AvgIpc) is 3.39. The van der Waals surface area contributed by atoms with Gasteiger partial charge in [-0.3, -0.25) is 14.7 Å². The second-order valence-corrected chi connectivity index (χ2v) is 8.04. The molecule has 5 aromatic rings. The van der Waals surface area contributed by atoms with Crippen molar-refractivity contribution >= 4 is 44.8 Å². The SMILES string of the molecule is C#Cc1c(F)ccc2cccc(-c3ncc4c(N5c6c[nH]cc65)nc(OCCC(=O)O)nc4c3F)c12.CC. The van der Waals surface area contributed by atoms with Gasteiger partial charge in [0.1, 0.15) is 23.6 Å². The maximum absolute atomic E-state index is 16.1. The van der Waals surface area contributed by atoms with Gasteiger partial charge in [-0.2, -0.15) is 9.97 Å². The number of ether oxygens (including phenoxy) is 1. The van der Waals surface area contributed by atoms with Gasteiger partial charge in [-0.15, -0.1) is 6.42 Å². The maximum Gasteiger partial charge on any atom is 0.319 e. The molecular formula is C28H21F2N5O3. The summed E-state index contributed by atoms with van der Waals surface area (Å²) in [5, 5.41) is 10.2. The zero-order valence-electron chi connectivity index (χ0n) is 20.4. The predicted octanol–water partition coefficient (Wildman–Crippen LogP) is 6.10. The van der Waals surface area contributed by atoms with Crippen LogP contribution in [0.1, 0.15) is 25.8 Å². The third-order valence-electron chi connectivity index (χ3n) is 5.93. The van der Waals surface area contributed by atoms with Crippen LogP contribution in [0.3, 0.4) is 0 Å². The van der Waals surface area contributed by atoms with Gasteiger partial charge >= 0.3 is 12.0 Å². The summed E-state index contributed by atoms with van der Waals surface area (Å²) in [5.41, 5.74) is 1.87. The summed E-state index contributed by atoms with van der Waals surface area (Å²) in [6.45, 7) is 3.81. The van der Waals surface area contributed by atoms with E-state index in [0.29, 0.717) is 27.5 Å². The van der Waals surface area contributed by atoms with E-state index in [1.54, 1.807) is 41.6 Å². The lowest BCUT2D eigenvalue weighted by Gasteiger charge is -2.14. The zero-order valence-corrected chi connectivity index (χ0v) is 20.4. The van der Waals surface area contributed by atoms with Gasteiger partial charge in [0, 0.05) is 29.5 Å². The van der Waals surface area contributed by atoms with Gasteiger partial charge in [0.25, 0.3) is 0 Å². The molecule has 0 radical (unpaired) electrons. The third-order valence-corrected chi connectivity index (χ3v) is 5.93. The summed E-state index contributed by atoms with van der Waals surface area (Å²) < 4.78 is 36.0. The Bertz CT molecular complexity index is 1740. The van der Waals surface area contributed by atoms with Crippen LogP contribution in [-0.4, -0.2) is 37.6 Å². The summed E-state index contributed by atoms with van der Waals surface area (Å²) in [6, 6.07) is 7.73. The molecule has 6 rings (SSSR count). The van der Waals surface area contributed by atoms with Crippen molar-refractivity contribution in [1.29, 1.82) is 0 Å². The minimum atomic E-state index is -1.05. The second-order valence-electron chi connectivity index (χ2n) is 8.04. The highest BCUT2D eigenvalue weighted by molar-refractivity contribution is 6.07. The Balaban J connectivity index is 0.00000144. The van der Waals surface area contributed by atoms with Gasteiger partial charge in [-0.05, 0) is 11.5 Å². The molecule has 0 saturated carbocycles. The lowest BCUT2D eigenvalue weighted by Crippen LogP contribution is -2.09. The number of benzene rings is 2. The van der Waals surface area contributed by atoms with Crippen molar-refractivity contribution in [3.8, 4) is 29.6 Å². The van der Waals surface area contributed by atoms with Crippen LogP contribution in [0, 0.1) is 24.0 Å². The van der Waals surface area contributed by atoms with Crippen LogP contribution in [0.5, 0.6) is 6.01 Å². The highest BCUT2D eigenvalue weighted by Gasteiger charge is 2.35. The third kappa shape index (κ3) is 4.04. The number of nitrogens with one attached hydrogen (secondary N) is 1. The molecule has 0 aliphatic carbocycles. The number of aromatic amines is 1. The number of aliphatic carboxylic acids is 1. The monoisotopic (exact) mass is 513 g/mol. The summed E-state index contributed by atoms with van der Waals surface area (Å²) in [5.74, 6) is 0.280. The van der Waals surface area contributed by atoms with E-state index < -0.39 is 17.6 Å². The van der Waals surface area contributed by atoms with E-state index in [4.69, 9.17) is 16.3 Å². The number of anilines is 3. The standard InChI is InChI=1S/C26H15F2N5O3.C2H6/c1-2-14-17(27)7-6-13-4-3-5-15(21(13)14)23-22(28)24-16(10-30-23)25(33-18-11-29-12-19(18)33)32-26(31-24)36-9-8-20(34)35;1-2/h1,3-7,10-12,29H,8-9H2,(H,34,35);1-2H3. The van der Waals surface area contributed by atoms with Crippen molar-refractivity contribution < 1.29 is 23.4 Å². The molecule has 190 valence electrons. The Kier molecular flexibility index (Phi) is 6.34. The number of fused-ring (bicyclic) bond motifs is 3. The number of nitrogens with zero attached hydrogens (tertiary/aromatic N) is 4. The van der Waals surface area contributed by atoms with E-state index in [1.807, 2.05) is 13.8 Å². The van der Waals surface area contributed by atoms with Gasteiger partial charge in [-0.25, -0.2) is 8.78 Å². The molecule has 1 aliphatic heterocycles. The first-order valence-electron chi connectivity index (χ1n) is 11.8. The Morgan fingerprint density at radius 1 is 1.16 bits per heavy atom. The van der Waals surface area contributed by atoms with Gasteiger partial charge in [0.15, 0.2) is 11.6 Å². The minimum Gasteiger partial charge on any atom is -0.481 e. The van der Waals surface area contributed by atoms with Crippen LogP contribution < -0.4 is 9.64 Å². The molecule has 8 nitrogen and oxygen atoms in total. The van der Waals surface area contributed by atoms with Crippen molar-refractivity contribution in [2.45, 2.75) is 20.3 Å². The molecule has 0 saturated heterocycles. The Morgan fingerprint density at radius 3 is 2.63 bits per heavy atom. The van der Waals surface area contributed by atoms with E-state index >= 15 is 4.39 Å². The largest absolute Gasteiger partial charge is 0.481 e. The highest BCUT2D eigenvalue weighted by Crippen LogP contribution is 2.54. The van der Waals surface area contributed by atoms with E-state index in [0.717, 1.165) is 11.4 Å². The molecule has 0 fully saturated rings. The number of carboxylic acid groups (broad SMARTS) is 1. The lowest BCUT2D eigenvalue weighted by atomic mass is 9.96. The first kappa shape index (κ1) is 24.6. The highest BCUT2D eigenvalue weighted by atomic mass is 19.1. The molecule has 0 spiro atoms. The van der Waals surface area contributed by atoms with Gasteiger partial charge in [-0.1, -0.05) is 44.0 Å². The van der Waals surface area contributed by atoms with Crippen LogP contribution in [0.15, 0.2) is 48.9 Å². The molecule has 0 bridgehead atoms. The number of hydrogen-bond donors (Lipinski definition) is 2. The van der Waals surface area contributed by atoms with Crippen LogP contribution in [-0.2, 0) is 4.79 Å². The van der Waals surface area contributed by atoms with Crippen molar-refractivity contribution in [2.24, 2.45) is 0 Å². The molecule has 2 aromatic carbocycles. The molecule has 0 atom stereocenters. The van der Waals surface area contributed by atoms with Crippen molar-refractivity contribution in [3.05, 3.63) is 66.1 Å². The molecule has 0 amide bonds. The fourth-order valence-corrected chi connectivity index (χ4v) is 4.26. The first-order valence-corrected chi connectivity index (χ1v) is 11.8. The topological polar surface area (TPSA) is 104 Å². The minimum absolute atomic E-state index is 0.00811. The quantitative estimate of drug-likeness (QED) is 0.205. The molecule has 38 heavy (non-hydrogen) atoms. The fourth-order valence-electron chi connectivity index (χ4n) is 4.26. The number of aromatic nitrogens is 4.